The van der Waals surface area contributed by atoms with Crippen molar-refractivity contribution in [2.24, 2.45) is 0 Å². The van der Waals surface area contributed by atoms with Crippen molar-refractivity contribution in [3.8, 4) is 0 Å². The van der Waals surface area contributed by atoms with Crippen LogP contribution in [-0.2, 0) is 4.79 Å². The Morgan fingerprint density at radius 1 is 0.833 bits per heavy atom. The maximum Gasteiger partial charge on any atom is 1.00 e. The molecule has 68 valence electrons. The number of carbonyl (C=O) groups is 1. The van der Waals surface area contributed by atoms with Gasteiger partial charge in [-0.25, -0.2) is 0 Å². The molecule has 12 heavy (non-hydrogen) atoms. The molecule has 0 aromatic carbocycles. The van der Waals surface area contributed by atoms with Gasteiger partial charge in [0.1, 0.15) is 0 Å². The van der Waals surface area contributed by atoms with Gasteiger partial charge in [-0.3, -0.25) is 4.79 Å². The summed E-state index contributed by atoms with van der Waals surface area (Å²) in [7, 11) is 0. The number of rotatable bonds is 0. The molecule has 0 rings (SSSR count). The molecule has 9 heteroatoms. The van der Waals surface area contributed by atoms with E-state index in [0.717, 1.165) is 0 Å². The van der Waals surface area contributed by atoms with E-state index >= 15 is 0 Å². The van der Waals surface area contributed by atoms with Crippen molar-refractivity contribution in [3.05, 3.63) is 0 Å². The van der Waals surface area contributed by atoms with Crippen LogP contribution in [0.1, 0.15) is 0 Å². The van der Waals surface area contributed by atoms with E-state index in [0.29, 0.717) is 0 Å². The van der Waals surface area contributed by atoms with Crippen molar-refractivity contribution in [2.75, 3.05) is 0 Å². The molecule has 0 saturated carbocycles. The van der Waals surface area contributed by atoms with Crippen LogP contribution in [0, 0.1) is 0 Å². The van der Waals surface area contributed by atoms with Gasteiger partial charge >= 0.3 is 69.5 Å². The summed E-state index contributed by atoms with van der Waals surface area (Å²) < 4.78 is 65.3. The zero-order valence-corrected chi connectivity index (χ0v) is 8.68. The minimum atomic E-state index is -5.82. The minimum Gasteiger partial charge on any atom is -1.00 e. The van der Waals surface area contributed by atoms with Gasteiger partial charge in [0, 0.05) is 0 Å². The van der Waals surface area contributed by atoms with E-state index < -0.39 is 18.1 Å². The average molecular weight is 224 g/mol. The molecule has 0 aliphatic carbocycles. The first kappa shape index (κ1) is 18.6. The minimum absolute atomic E-state index is 0. The smallest absolute Gasteiger partial charge is 1.00 e. The van der Waals surface area contributed by atoms with Crippen molar-refractivity contribution in [1.82, 2.24) is 0 Å². The molecule has 0 atom stereocenters. The van der Waals surface area contributed by atoms with Gasteiger partial charge in [0.15, 0.2) is 0 Å². The molecular weight excluding hydrogens is 224 g/mol. The molecule has 0 aromatic heterocycles. The van der Waals surface area contributed by atoms with Crippen LogP contribution in [0.15, 0.2) is 0 Å². The van der Waals surface area contributed by atoms with Gasteiger partial charge < -0.3 is 4.70 Å². The molecule has 0 saturated heterocycles. The van der Waals surface area contributed by atoms with Crippen LogP contribution < -0.4 is 56.1 Å². The third-order valence-corrected chi connectivity index (χ3v) is 0.515. The molecule has 0 fully saturated rings. The number of carbonyl (C=O) groups excluding carboxylic acids is 1. The normalized spacial score (nSPS) is 11.2. The Kier molecular flexibility index (Phi) is 8.55. The topological polar surface area (TPSA) is 17.1 Å². The van der Waals surface area contributed by atoms with Crippen LogP contribution in [0.3, 0.4) is 0 Å². The van der Waals surface area contributed by atoms with Crippen LogP contribution in [0.4, 0.5) is 26.3 Å². The molecule has 0 aromatic rings. The van der Waals surface area contributed by atoms with Crippen LogP contribution in [0.5, 0.6) is 0 Å². The molecular formula is C3F7KO. The summed E-state index contributed by atoms with van der Waals surface area (Å²) in [5.74, 6) is -3.68. The quantitative estimate of drug-likeness (QED) is 0.300. The number of alkyl halides is 6. The molecule has 0 spiro atoms. The van der Waals surface area contributed by atoms with E-state index in [1.165, 1.54) is 0 Å². The standard InChI is InChI=1S/C3F6O.FH.K/c4-2(5,6)1(10)3(7,8)9;;/h;1H;/q;;+1/p-1. The largest absolute Gasteiger partial charge is 1.00 e. The van der Waals surface area contributed by atoms with E-state index in [2.05, 4.69) is 0 Å². The fourth-order valence-electron chi connectivity index (χ4n) is 0.161. The van der Waals surface area contributed by atoms with E-state index in [4.69, 9.17) is 0 Å². The fraction of sp³-hybridized carbons (Fsp3) is 0.667. The van der Waals surface area contributed by atoms with Crippen LogP contribution >= 0.6 is 0 Å². The fourth-order valence-corrected chi connectivity index (χ4v) is 0.161. The number of halogens is 7. The Bertz CT molecular complexity index is 130. The molecule has 1 nitrogen and oxygen atoms in total. The predicted octanol–water partition coefficient (Wildman–Crippen LogP) is -4.31. The van der Waals surface area contributed by atoms with E-state index in [9.17, 15) is 31.1 Å². The van der Waals surface area contributed by atoms with Crippen LogP contribution in [0.2, 0.25) is 0 Å². The molecule has 0 bridgehead atoms. The first-order valence-electron chi connectivity index (χ1n) is 1.84. The van der Waals surface area contributed by atoms with Crippen LogP contribution in [0.25, 0.3) is 0 Å². The van der Waals surface area contributed by atoms with E-state index in [1.54, 1.807) is 0 Å². The summed E-state index contributed by atoms with van der Waals surface area (Å²) in [6, 6.07) is 0. The second-order valence-corrected chi connectivity index (χ2v) is 1.32. The van der Waals surface area contributed by atoms with Crippen molar-refractivity contribution in [3.63, 3.8) is 0 Å². The zero-order chi connectivity index (χ0) is 8.58. The number of ketones is 1. The zero-order valence-electron chi connectivity index (χ0n) is 5.55. The van der Waals surface area contributed by atoms with Gasteiger partial charge in [-0.15, -0.1) is 0 Å². The molecule has 0 unspecified atom stereocenters. The first-order valence-corrected chi connectivity index (χ1v) is 1.84. The molecule has 0 aliphatic heterocycles. The Morgan fingerprint density at radius 2 is 1.00 bits per heavy atom. The third-order valence-electron chi connectivity index (χ3n) is 0.515. The molecule has 0 radical (unpaired) electrons. The monoisotopic (exact) mass is 224 g/mol. The maximum atomic E-state index is 10.9. The molecule has 0 aliphatic rings. The van der Waals surface area contributed by atoms with Gasteiger partial charge in [0.05, 0.1) is 0 Å². The second kappa shape index (κ2) is 5.53. The average Bonchev–Trinajstić information content (AvgIpc) is 1.59. The number of hydrogen-bond acceptors (Lipinski definition) is 1. The molecule has 0 N–H and O–H groups in total. The SMILES string of the molecule is O=C(C(F)(F)F)C(F)(F)F.[F-].[K+]. The Morgan fingerprint density at radius 3 is 1.00 bits per heavy atom. The van der Waals surface area contributed by atoms with Crippen molar-refractivity contribution >= 4 is 5.78 Å². The third kappa shape index (κ3) is 6.35. The van der Waals surface area contributed by atoms with Gasteiger partial charge in [-0.2, -0.15) is 26.3 Å². The summed E-state index contributed by atoms with van der Waals surface area (Å²) in [4.78, 5) is 9.24. The maximum absolute atomic E-state index is 10.9. The van der Waals surface area contributed by atoms with Crippen molar-refractivity contribution in [2.45, 2.75) is 12.4 Å². The van der Waals surface area contributed by atoms with Crippen LogP contribution in [-0.4, -0.2) is 18.1 Å². The van der Waals surface area contributed by atoms with E-state index in [-0.39, 0.29) is 56.1 Å². The summed E-state index contributed by atoms with van der Waals surface area (Å²) in [5, 5.41) is 0. The number of hydrogen-bond donors (Lipinski definition) is 0. The van der Waals surface area contributed by atoms with Crippen molar-refractivity contribution in [1.29, 1.82) is 0 Å². The molecule has 0 amide bonds. The second-order valence-electron chi connectivity index (χ2n) is 1.32. The Labute approximate surface area is 104 Å². The van der Waals surface area contributed by atoms with E-state index in [1.807, 2.05) is 0 Å². The van der Waals surface area contributed by atoms with Gasteiger partial charge in [-0.1, -0.05) is 0 Å². The van der Waals surface area contributed by atoms with Gasteiger partial charge in [0.25, 0.3) is 0 Å². The summed E-state index contributed by atoms with van der Waals surface area (Å²) in [6.07, 6.45) is -11.6. The Hall–Kier alpha value is 0.816. The van der Waals surface area contributed by atoms with Gasteiger partial charge in [0.2, 0.25) is 0 Å². The Balaban J connectivity index is -0.000000405. The number of Topliss-reactive ketones (excluding diaryl/α,β-unsaturated/α-hetero) is 1. The first-order chi connectivity index (χ1) is 4.15. The van der Waals surface area contributed by atoms with Crippen molar-refractivity contribution < 1.29 is 87.2 Å². The van der Waals surface area contributed by atoms with Gasteiger partial charge in [-0.05, 0) is 0 Å². The summed E-state index contributed by atoms with van der Waals surface area (Å²) in [5.41, 5.74) is 0. The predicted molar refractivity (Wildman–Crippen MR) is 17.1 cm³/mol. The molecule has 0 heterocycles. The summed E-state index contributed by atoms with van der Waals surface area (Å²) >= 11 is 0. The summed E-state index contributed by atoms with van der Waals surface area (Å²) in [6.45, 7) is 0.